The molecule has 1 aromatic carbocycles. The maximum absolute atomic E-state index is 12.2. The zero-order chi connectivity index (χ0) is 14.0. The van der Waals surface area contributed by atoms with Crippen LogP contribution in [0.5, 0.6) is 0 Å². The first-order valence-corrected chi connectivity index (χ1v) is 6.78. The zero-order valence-corrected chi connectivity index (χ0v) is 11.9. The number of nitrogens with zero attached hydrogens (tertiary/aromatic N) is 2. The number of halogens is 1. The van der Waals surface area contributed by atoms with Crippen LogP contribution in [-0.2, 0) is 16.6 Å². The van der Waals surface area contributed by atoms with E-state index in [1.807, 2.05) is 0 Å². The van der Waals surface area contributed by atoms with Crippen molar-refractivity contribution in [2.45, 2.75) is 11.9 Å². The van der Waals surface area contributed by atoms with Crippen molar-refractivity contribution in [3.63, 3.8) is 0 Å². The molecule has 1 heterocycles. The standard InChI is InChI=1S/C12H11ClN2O3S/c1-7(16)18-6-19-12-11(17)9-5-8(13)3-4-10(9)15(2)14-12/h3-5H,6H2,1-2H3. The van der Waals surface area contributed by atoms with Gasteiger partial charge >= 0.3 is 5.97 Å². The monoisotopic (exact) mass is 298 g/mol. The van der Waals surface area contributed by atoms with E-state index < -0.39 is 5.97 Å². The number of benzene rings is 1. The van der Waals surface area contributed by atoms with Gasteiger partial charge in [-0.05, 0) is 18.2 Å². The second kappa shape index (κ2) is 5.63. The van der Waals surface area contributed by atoms with E-state index in [1.54, 1.807) is 29.9 Å². The Morgan fingerprint density at radius 3 is 2.95 bits per heavy atom. The van der Waals surface area contributed by atoms with Crippen LogP contribution in [0.1, 0.15) is 6.92 Å². The molecule has 0 atom stereocenters. The number of carbonyl (C=O) groups is 1. The van der Waals surface area contributed by atoms with Crippen LogP contribution in [0, 0.1) is 0 Å². The Morgan fingerprint density at radius 2 is 2.26 bits per heavy atom. The number of ether oxygens (including phenoxy) is 1. The summed E-state index contributed by atoms with van der Waals surface area (Å²) < 4.78 is 6.39. The van der Waals surface area contributed by atoms with E-state index in [9.17, 15) is 9.59 Å². The fourth-order valence-electron chi connectivity index (χ4n) is 1.59. The first-order valence-electron chi connectivity index (χ1n) is 5.42. The van der Waals surface area contributed by atoms with Crippen molar-refractivity contribution in [1.82, 2.24) is 9.78 Å². The first-order chi connectivity index (χ1) is 8.99. The van der Waals surface area contributed by atoms with Gasteiger partial charge in [-0.1, -0.05) is 23.4 Å². The molecular formula is C12H11ClN2O3S. The number of carbonyl (C=O) groups excluding carboxylic acids is 1. The first kappa shape index (κ1) is 13.9. The van der Waals surface area contributed by atoms with Gasteiger partial charge in [0.25, 0.3) is 0 Å². The molecule has 0 unspecified atom stereocenters. The number of hydrogen-bond donors (Lipinski definition) is 0. The van der Waals surface area contributed by atoms with Crippen LogP contribution in [0.4, 0.5) is 0 Å². The highest BCUT2D eigenvalue weighted by Gasteiger charge is 2.10. The van der Waals surface area contributed by atoms with Crippen molar-refractivity contribution >= 4 is 40.2 Å². The van der Waals surface area contributed by atoms with Gasteiger partial charge in [-0.25, -0.2) is 0 Å². The van der Waals surface area contributed by atoms with Crippen molar-refractivity contribution in [3.8, 4) is 0 Å². The summed E-state index contributed by atoms with van der Waals surface area (Å²) in [5.41, 5.74) is 0.485. The average Bonchev–Trinajstić information content (AvgIpc) is 2.34. The predicted octanol–water partition coefficient (Wildman–Crippen LogP) is 2.20. The Kier molecular flexibility index (Phi) is 4.11. The predicted molar refractivity (Wildman–Crippen MR) is 74.5 cm³/mol. The third kappa shape index (κ3) is 3.08. The molecule has 2 aromatic rings. The Hall–Kier alpha value is -1.53. The van der Waals surface area contributed by atoms with E-state index in [1.165, 1.54) is 6.92 Å². The van der Waals surface area contributed by atoms with Crippen molar-refractivity contribution < 1.29 is 9.53 Å². The Bertz CT molecular complexity index is 699. The summed E-state index contributed by atoms with van der Waals surface area (Å²) in [6.07, 6.45) is 0. The summed E-state index contributed by atoms with van der Waals surface area (Å²) in [6, 6.07) is 5.06. The summed E-state index contributed by atoms with van der Waals surface area (Å²) in [6.45, 7) is 1.31. The van der Waals surface area contributed by atoms with Gasteiger partial charge in [0.05, 0.1) is 10.9 Å². The van der Waals surface area contributed by atoms with Crippen LogP contribution in [0.2, 0.25) is 5.02 Å². The highest BCUT2D eigenvalue weighted by Crippen LogP contribution is 2.19. The Morgan fingerprint density at radius 1 is 1.53 bits per heavy atom. The van der Waals surface area contributed by atoms with Crippen molar-refractivity contribution in [2.75, 3.05) is 5.94 Å². The minimum atomic E-state index is -0.395. The van der Waals surface area contributed by atoms with Gasteiger partial charge in [0.1, 0.15) is 5.94 Å². The number of rotatable bonds is 3. The minimum absolute atomic E-state index is 0.0592. The molecule has 1 aromatic heterocycles. The number of hydrogen-bond acceptors (Lipinski definition) is 5. The summed E-state index contributed by atoms with van der Waals surface area (Å²) in [5, 5.41) is 5.42. The van der Waals surface area contributed by atoms with Crippen LogP contribution in [0.15, 0.2) is 28.0 Å². The SMILES string of the molecule is CC(=O)OCSc1nn(C)c2ccc(Cl)cc2c1=O. The number of fused-ring (bicyclic) bond motifs is 1. The van der Waals surface area contributed by atoms with Crippen LogP contribution in [0.3, 0.4) is 0 Å². The molecule has 0 amide bonds. The van der Waals surface area contributed by atoms with Crippen LogP contribution in [-0.4, -0.2) is 21.7 Å². The lowest BCUT2D eigenvalue weighted by molar-refractivity contribution is -0.138. The number of aromatic nitrogens is 2. The van der Waals surface area contributed by atoms with E-state index in [4.69, 9.17) is 16.3 Å². The molecule has 0 aliphatic heterocycles. The smallest absolute Gasteiger partial charge is 0.303 e. The van der Waals surface area contributed by atoms with E-state index in [2.05, 4.69) is 5.10 Å². The quantitative estimate of drug-likeness (QED) is 0.494. The molecule has 2 rings (SSSR count). The molecule has 0 radical (unpaired) electrons. The molecule has 0 aliphatic rings. The van der Waals surface area contributed by atoms with Crippen molar-refractivity contribution in [2.24, 2.45) is 7.05 Å². The number of aryl methyl sites for hydroxylation is 1. The molecule has 7 heteroatoms. The minimum Gasteiger partial charge on any atom is -0.454 e. The third-order valence-corrected chi connectivity index (χ3v) is 3.46. The number of esters is 1. The summed E-state index contributed by atoms with van der Waals surface area (Å²) in [7, 11) is 1.74. The van der Waals surface area contributed by atoms with Gasteiger partial charge in [-0.3, -0.25) is 14.3 Å². The fourth-order valence-corrected chi connectivity index (χ4v) is 2.52. The maximum Gasteiger partial charge on any atom is 0.303 e. The highest BCUT2D eigenvalue weighted by atomic mass is 35.5. The molecule has 0 aliphatic carbocycles. The molecule has 0 bridgehead atoms. The van der Waals surface area contributed by atoms with Gasteiger partial charge < -0.3 is 4.74 Å². The Labute approximate surface area is 118 Å². The average molecular weight is 299 g/mol. The van der Waals surface area contributed by atoms with Gasteiger partial charge in [0.2, 0.25) is 5.43 Å². The molecule has 0 saturated heterocycles. The summed E-state index contributed by atoms with van der Waals surface area (Å²) in [4.78, 5) is 22.9. The molecule has 0 fully saturated rings. The van der Waals surface area contributed by atoms with Gasteiger partial charge in [0.15, 0.2) is 5.03 Å². The largest absolute Gasteiger partial charge is 0.454 e. The molecule has 19 heavy (non-hydrogen) atoms. The molecular weight excluding hydrogens is 288 g/mol. The van der Waals surface area contributed by atoms with E-state index in [0.717, 1.165) is 11.8 Å². The lowest BCUT2D eigenvalue weighted by Crippen LogP contribution is -2.14. The third-order valence-electron chi connectivity index (χ3n) is 2.44. The van der Waals surface area contributed by atoms with Gasteiger partial charge in [0, 0.05) is 19.0 Å². The number of thioether (sulfide) groups is 1. The molecule has 5 nitrogen and oxygen atoms in total. The van der Waals surface area contributed by atoms with E-state index in [0.29, 0.717) is 15.9 Å². The highest BCUT2D eigenvalue weighted by molar-refractivity contribution is 7.99. The molecule has 0 saturated carbocycles. The lowest BCUT2D eigenvalue weighted by Gasteiger charge is -2.07. The summed E-state index contributed by atoms with van der Waals surface area (Å²) >= 11 is 6.98. The maximum atomic E-state index is 12.2. The lowest BCUT2D eigenvalue weighted by atomic mass is 10.2. The fraction of sp³-hybridized carbons (Fsp3) is 0.250. The molecule has 0 spiro atoms. The zero-order valence-electron chi connectivity index (χ0n) is 10.3. The van der Waals surface area contributed by atoms with Gasteiger partial charge in [-0.2, -0.15) is 5.10 Å². The van der Waals surface area contributed by atoms with E-state index >= 15 is 0 Å². The molecule has 0 N–H and O–H groups in total. The normalized spacial score (nSPS) is 10.7. The molecule has 100 valence electrons. The second-order valence-electron chi connectivity index (χ2n) is 3.82. The summed E-state index contributed by atoms with van der Waals surface area (Å²) in [5.74, 6) is -0.336. The van der Waals surface area contributed by atoms with Crippen LogP contribution >= 0.6 is 23.4 Å². The van der Waals surface area contributed by atoms with Crippen LogP contribution in [0.25, 0.3) is 10.9 Å². The Balaban J connectivity index is 2.43. The van der Waals surface area contributed by atoms with Crippen LogP contribution < -0.4 is 5.43 Å². The second-order valence-corrected chi connectivity index (χ2v) is 5.16. The van der Waals surface area contributed by atoms with Gasteiger partial charge in [-0.15, -0.1) is 0 Å². The van der Waals surface area contributed by atoms with Crippen molar-refractivity contribution in [1.29, 1.82) is 0 Å². The topological polar surface area (TPSA) is 61.2 Å². The van der Waals surface area contributed by atoms with Crippen molar-refractivity contribution in [3.05, 3.63) is 33.4 Å². The van der Waals surface area contributed by atoms with E-state index in [-0.39, 0.29) is 16.4 Å².